The second-order valence-corrected chi connectivity index (χ2v) is 7.09. The van der Waals surface area contributed by atoms with Crippen molar-refractivity contribution in [3.8, 4) is 0 Å². The molecule has 0 saturated heterocycles. The molecule has 2 N–H and O–H groups in total. The van der Waals surface area contributed by atoms with Gasteiger partial charge in [0.25, 0.3) is 0 Å². The average molecular weight is 399 g/mol. The number of anilines is 1. The number of aromatic nitrogens is 2. The van der Waals surface area contributed by atoms with Crippen molar-refractivity contribution in [3.05, 3.63) is 83.2 Å². The maximum atomic E-state index is 9.51. The van der Waals surface area contributed by atoms with Crippen LogP contribution >= 0.6 is 12.4 Å². The summed E-state index contributed by atoms with van der Waals surface area (Å²) in [6.07, 6.45) is 5.13. The molecule has 1 aliphatic heterocycles. The normalized spacial score (nSPS) is 12.5. The fourth-order valence-corrected chi connectivity index (χ4v) is 3.74. The van der Waals surface area contributed by atoms with Crippen molar-refractivity contribution in [3.63, 3.8) is 0 Å². The molecule has 0 atom stereocenters. The minimum absolute atomic E-state index is 0. The van der Waals surface area contributed by atoms with Crippen LogP contribution in [-0.4, -0.2) is 39.5 Å². The zero-order valence-electron chi connectivity index (χ0n) is 15.9. The fourth-order valence-electron chi connectivity index (χ4n) is 3.74. The largest absolute Gasteiger partial charge is 0.395 e. The SMILES string of the molecule is Cl.OCCN(Cc1cnn(Cc2ccccc2)c1)Cc1cccc2c1NCC2. The van der Waals surface area contributed by atoms with E-state index < -0.39 is 0 Å². The Morgan fingerprint density at radius 1 is 1.04 bits per heavy atom. The lowest BCUT2D eigenvalue weighted by molar-refractivity contribution is 0.184. The summed E-state index contributed by atoms with van der Waals surface area (Å²) in [4.78, 5) is 2.28. The third-order valence-electron chi connectivity index (χ3n) is 5.02. The molecule has 0 bridgehead atoms. The van der Waals surface area contributed by atoms with Gasteiger partial charge in [0.1, 0.15) is 0 Å². The number of nitrogens with zero attached hydrogens (tertiary/aromatic N) is 3. The van der Waals surface area contributed by atoms with E-state index in [-0.39, 0.29) is 19.0 Å². The number of hydrogen-bond acceptors (Lipinski definition) is 4. The van der Waals surface area contributed by atoms with Crippen LogP contribution in [-0.2, 0) is 26.1 Å². The zero-order chi connectivity index (χ0) is 18.5. The summed E-state index contributed by atoms with van der Waals surface area (Å²) >= 11 is 0. The third kappa shape index (κ3) is 4.93. The number of benzene rings is 2. The molecule has 28 heavy (non-hydrogen) atoms. The average Bonchev–Trinajstić information content (AvgIpc) is 3.33. The predicted molar refractivity (Wildman–Crippen MR) is 115 cm³/mol. The first-order chi connectivity index (χ1) is 13.3. The standard InChI is InChI=1S/C22H26N4O.ClH/c27-12-11-25(17-21-8-4-7-20-9-10-23-22(20)21)14-19-13-24-26(16-19)15-18-5-2-1-3-6-18;/h1-8,13,16,23,27H,9-12,14-15,17H2;1H. The quantitative estimate of drug-likeness (QED) is 0.611. The molecule has 0 saturated carbocycles. The highest BCUT2D eigenvalue weighted by Gasteiger charge is 2.16. The third-order valence-corrected chi connectivity index (χ3v) is 5.02. The van der Waals surface area contributed by atoms with Gasteiger partial charge in [-0.05, 0) is 23.1 Å². The summed E-state index contributed by atoms with van der Waals surface area (Å²) in [6, 6.07) is 16.9. The van der Waals surface area contributed by atoms with Crippen LogP contribution in [0.5, 0.6) is 0 Å². The van der Waals surface area contributed by atoms with Crippen LogP contribution in [0, 0.1) is 0 Å². The Morgan fingerprint density at radius 2 is 1.89 bits per heavy atom. The zero-order valence-corrected chi connectivity index (χ0v) is 16.7. The first-order valence-corrected chi connectivity index (χ1v) is 9.55. The van der Waals surface area contributed by atoms with Gasteiger partial charge in [0.2, 0.25) is 0 Å². The van der Waals surface area contributed by atoms with Crippen LogP contribution in [0.1, 0.15) is 22.3 Å². The lowest BCUT2D eigenvalue weighted by Crippen LogP contribution is -2.26. The molecule has 1 aliphatic rings. The summed E-state index contributed by atoms with van der Waals surface area (Å²) in [6.45, 7) is 4.18. The molecule has 5 nitrogen and oxygen atoms in total. The first-order valence-electron chi connectivity index (χ1n) is 9.55. The molecule has 0 aliphatic carbocycles. The van der Waals surface area contributed by atoms with Gasteiger partial charge in [0, 0.05) is 43.6 Å². The van der Waals surface area contributed by atoms with Crippen molar-refractivity contribution in [2.75, 3.05) is 25.0 Å². The van der Waals surface area contributed by atoms with Gasteiger partial charge in [-0.25, -0.2) is 0 Å². The summed E-state index contributed by atoms with van der Waals surface area (Å²) in [5, 5.41) is 17.5. The molecule has 0 radical (unpaired) electrons. The van der Waals surface area contributed by atoms with Gasteiger partial charge in [0.15, 0.2) is 0 Å². The van der Waals surface area contributed by atoms with E-state index in [0.29, 0.717) is 6.54 Å². The van der Waals surface area contributed by atoms with Gasteiger partial charge in [0.05, 0.1) is 19.3 Å². The molecule has 4 rings (SSSR count). The van der Waals surface area contributed by atoms with Crippen LogP contribution in [0.3, 0.4) is 0 Å². The maximum absolute atomic E-state index is 9.51. The summed E-state index contributed by atoms with van der Waals surface area (Å²) in [7, 11) is 0. The van der Waals surface area contributed by atoms with E-state index in [1.54, 1.807) is 0 Å². The van der Waals surface area contributed by atoms with E-state index in [1.165, 1.54) is 27.9 Å². The van der Waals surface area contributed by atoms with E-state index >= 15 is 0 Å². The second kappa shape index (κ2) is 9.73. The Labute approximate surface area is 172 Å². The number of rotatable bonds is 8. The molecule has 2 heterocycles. The van der Waals surface area contributed by atoms with Crippen LogP contribution in [0.15, 0.2) is 60.9 Å². The van der Waals surface area contributed by atoms with Crippen LogP contribution in [0.4, 0.5) is 5.69 Å². The van der Waals surface area contributed by atoms with Crippen molar-refractivity contribution in [2.24, 2.45) is 0 Å². The number of aliphatic hydroxyl groups excluding tert-OH is 1. The van der Waals surface area contributed by atoms with Gasteiger partial charge in [-0.3, -0.25) is 9.58 Å². The number of nitrogens with one attached hydrogen (secondary N) is 1. The number of hydrogen-bond donors (Lipinski definition) is 2. The first kappa shape index (κ1) is 20.4. The smallest absolute Gasteiger partial charge is 0.0659 e. The van der Waals surface area contributed by atoms with E-state index in [0.717, 1.165) is 32.6 Å². The summed E-state index contributed by atoms with van der Waals surface area (Å²) < 4.78 is 1.98. The molecule has 6 heteroatoms. The highest BCUT2D eigenvalue weighted by atomic mass is 35.5. The number of aliphatic hydroxyl groups is 1. The molecule has 0 spiro atoms. The number of fused-ring (bicyclic) bond motifs is 1. The molecule has 1 aromatic heterocycles. The van der Waals surface area contributed by atoms with Crippen molar-refractivity contribution < 1.29 is 5.11 Å². The maximum Gasteiger partial charge on any atom is 0.0659 e. The Kier molecular flexibility index (Phi) is 7.09. The lowest BCUT2D eigenvalue weighted by Gasteiger charge is -2.22. The van der Waals surface area contributed by atoms with Crippen molar-refractivity contribution in [1.82, 2.24) is 14.7 Å². The van der Waals surface area contributed by atoms with Crippen molar-refractivity contribution in [2.45, 2.75) is 26.1 Å². The topological polar surface area (TPSA) is 53.3 Å². The Bertz CT molecular complexity index is 881. The minimum Gasteiger partial charge on any atom is -0.395 e. The Morgan fingerprint density at radius 3 is 2.71 bits per heavy atom. The van der Waals surface area contributed by atoms with Crippen molar-refractivity contribution >= 4 is 18.1 Å². The highest BCUT2D eigenvalue weighted by Crippen LogP contribution is 2.27. The molecule has 148 valence electrons. The van der Waals surface area contributed by atoms with E-state index in [9.17, 15) is 5.11 Å². The summed E-state index contributed by atoms with van der Waals surface area (Å²) in [5.74, 6) is 0. The van der Waals surface area contributed by atoms with E-state index in [2.05, 4.69) is 64.0 Å². The molecule has 0 unspecified atom stereocenters. The molecular formula is C22H27ClN4O. The Hall–Kier alpha value is -2.34. The fraction of sp³-hybridized carbons (Fsp3) is 0.318. The highest BCUT2D eigenvalue weighted by molar-refractivity contribution is 5.85. The second-order valence-electron chi connectivity index (χ2n) is 7.09. The summed E-state index contributed by atoms with van der Waals surface area (Å²) in [5.41, 5.74) is 6.38. The van der Waals surface area contributed by atoms with Gasteiger partial charge < -0.3 is 10.4 Å². The monoisotopic (exact) mass is 398 g/mol. The van der Waals surface area contributed by atoms with Gasteiger partial charge in [-0.2, -0.15) is 5.10 Å². The molecule has 0 fully saturated rings. The molecule has 3 aromatic rings. The number of halogens is 1. The van der Waals surface area contributed by atoms with E-state index in [4.69, 9.17) is 0 Å². The molecular weight excluding hydrogens is 372 g/mol. The van der Waals surface area contributed by atoms with Crippen molar-refractivity contribution in [1.29, 1.82) is 0 Å². The van der Waals surface area contributed by atoms with Gasteiger partial charge >= 0.3 is 0 Å². The van der Waals surface area contributed by atoms with Gasteiger partial charge in [-0.1, -0.05) is 48.5 Å². The van der Waals surface area contributed by atoms with Crippen LogP contribution in [0.25, 0.3) is 0 Å². The van der Waals surface area contributed by atoms with Gasteiger partial charge in [-0.15, -0.1) is 12.4 Å². The molecule has 0 amide bonds. The van der Waals surface area contributed by atoms with E-state index in [1.807, 2.05) is 16.9 Å². The molecule has 2 aromatic carbocycles. The number of para-hydroxylation sites is 1. The van der Waals surface area contributed by atoms with Crippen LogP contribution < -0.4 is 5.32 Å². The van der Waals surface area contributed by atoms with Crippen LogP contribution in [0.2, 0.25) is 0 Å². The predicted octanol–water partition coefficient (Wildman–Crippen LogP) is 3.32. The Balaban J connectivity index is 0.00000225. The lowest BCUT2D eigenvalue weighted by atomic mass is 10.1. The minimum atomic E-state index is 0.